The Balaban J connectivity index is 2.52. The molecule has 0 aliphatic rings. The van der Waals surface area contributed by atoms with Gasteiger partial charge in [-0.05, 0) is 18.6 Å². The van der Waals surface area contributed by atoms with Crippen molar-refractivity contribution < 1.29 is 28.7 Å². The molecule has 1 heterocycles. The Labute approximate surface area is 194 Å². The van der Waals surface area contributed by atoms with Crippen molar-refractivity contribution in [1.29, 1.82) is 0 Å². The fourth-order valence-corrected chi connectivity index (χ4v) is 3.92. The molecule has 4 N–H and O–H groups in total. The molecule has 2 amide bonds. The first-order valence-electron chi connectivity index (χ1n) is 10.3. The van der Waals surface area contributed by atoms with Gasteiger partial charge in [-0.25, -0.2) is 0 Å². The van der Waals surface area contributed by atoms with E-state index in [1.165, 1.54) is 16.7 Å². The average Bonchev–Trinajstić information content (AvgIpc) is 2.74. The summed E-state index contributed by atoms with van der Waals surface area (Å²) in [4.78, 5) is 61.8. The van der Waals surface area contributed by atoms with Gasteiger partial charge in [0.2, 0.25) is 11.3 Å². The highest BCUT2D eigenvalue weighted by Gasteiger charge is 2.31. The highest BCUT2D eigenvalue weighted by atomic mass is 16.6. The molecule has 34 heavy (non-hydrogen) atoms. The molecule has 10 heteroatoms. The van der Waals surface area contributed by atoms with Crippen molar-refractivity contribution in [3.8, 4) is 11.5 Å². The maximum Gasteiger partial charge on any atom is 0.308 e. The third-order valence-electron chi connectivity index (χ3n) is 5.13. The molecule has 0 aliphatic heterocycles. The molecule has 0 bridgehead atoms. The monoisotopic (exact) mass is 465 g/mol. The summed E-state index contributed by atoms with van der Waals surface area (Å²) in [6, 6.07) is 10.9. The molecule has 10 nitrogen and oxygen atoms in total. The molecule has 0 aliphatic carbocycles. The lowest BCUT2D eigenvalue weighted by Gasteiger charge is -2.24. The van der Waals surface area contributed by atoms with Crippen LogP contribution in [0.1, 0.15) is 48.3 Å². The molecule has 3 aromatic rings. The number of ether oxygens (including phenoxy) is 2. The number of aryl methyl sites for hydroxylation is 1. The number of benzene rings is 2. The highest BCUT2D eigenvalue weighted by molar-refractivity contribution is 6.01. The van der Waals surface area contributed by atoms with Crippen LogP contribution in [-0.2, 0) is 20.9 Å². The summed E-state index contributed by atoms with van der Waals surface area (Å²) >= 11 is 0. The molecular weight excluding hydrogens is 442 g/mol. The Morgan fingerprint density at radius 2 is 1.50 bits per heavy atom. The molecule has 0 fully saturated rings. The second-order valence-electron chi connectivity index (χ2n) is 7.45. The molecule has 2 aromatic carbocycles. The van der Waals surface area contributed by atoms with Gasteiger partial charge in [-0.15, -0.1) is 0 Å². The minimum Gasteiger partial charge on any atom is -0.423 e. The maximum atomic E-state index is 13.5. The van der Waals surface area contributed by atoms with E-state index in [1.54, 1.807) is 37.3 Å². The first-order valence-corrected chi connectivity index (χ1v) is 10.3. The number of hydrogen-bond acceptors (Lipinski definition) is 7. The Hall–Kier alpha value is -4.47. The highest BCUT2D eigenvalue weighted by Crippen LogP contribution is 2.35. The van der Waals surface area contributed by atoms with Gasteiger partial charge in [0.05, 0.1) is 16.6 Å². The zero-order valence-electron chi connectivity index (χ0n) is 18.8. The zero-order chi connectivity index (χ0) is 25.2. The van der Waals surface area contributed by atoms with Gasteiger partial charge in [0.25, 0.3) is 5.91 Å². The molecule has 1 aromatic heterocycles. The third kappa shape index (κ3) is 4.51. The van der Waals surface area contributed by atoms with Crippen LogP contribution in [0.3, 0.4) is 0 Å². The van der Waals surface area contributed by atoms with E-state index in [-0.39, 0.29) is 34.6 Å². The van der Waals surface area contributed by atoms with Gasteiger partial charge >= 0.3 is 11.9 Å². The van der Waals surface area contributed by atoms with Crippen molar-refractivity contribution in [3.63, 3.8) is 0 Å². The van der Waals surface area contributed by atoms with Gasteiger partial charge < -0.3 is 25.5 Å². The molecular formula is C24H23N3O7. The second kappa shape index (κ2) is 9.57. The summed E-state index contributed by atoms with van der Waals surface area (Å²) in [6.07, 6.45) is 0. The van der Waals surface area contributed by atoms with Crippen molar-refractivity contribution >= 4 is 34.7 Å². The number of pyridine rings is 1. The fraction of sp³-hybridized carbons (Fsp3) is 0.208. The Bertz CT molecular complexity index is 1380. The first kappa shape index (κ1) is 24.2. The van der Waals surface area contributed by atoms with Crippen molar-refractivity contribution in [2.45, 2.75) is 33.2 Å². The van der Waals surface area contributed by atoms with Gasteiger partial charge in [-0.2, -0.15) is 0 Å². The van der Waals surface area contributed by atoms with Crippen LogP contribution in [-0.4, -0.2) is 28.3 Å². The van der Waals surface area contributed by atoms with Crippen LogP contribution in [0.25, 0.3) is 10.9 Å². The molecule has 0 saturated heterocycles. The van der Waals surface area contributed by atoms with Crippen LogP contribution in [0, 0.1) is 0 Å². The predicted octanol–water partition coefficient (Wildman–Crippen LogP) is 1.59. The number of carbonyl (C=O) groups is 4. The van der Waals surface area contributed by atoms with E-state index >= 15 is 0 Å². The fourth-order valence-electron chi connectivity index (χ4n) is 3.92. The predicted molar refractivity (Wildman–Crippen MR) is 122 cm³/mol. The van der Waals surface area contributed by atoms with E-state index in [2.05, 4.69) is 0 Å². The van der Waals surface area contributed by atoms with Crippen LogP contribution in [0.4, 0.5) is 0 Å². The average molecular weight is 465 g/mol. The first-order chi connectivity index (χ1) is 16.1. The van der Waals surface area contributed by atoms with E-state index < -0.39 is 40.7 Å². The van der Waals surface area contributed by atoms with E-state index in [9.17, 15) is 24.0 Å². The van der Waals surface area contributed by atoms with Crippen molar-refractivity contribution in [3.05, 3.63) is 69.5 Å². The quantitative estimate of drug-likeness (QED) is 0.395. The van der Waals surface area contributed by atoms with E-state index in [0.29, 0.717) is 5.56 Å². The number of fused-ring (bicyclic) bond motifs is 1. The number of nitrogens with two attached hydrogens (primary N) is 2. The molecule has 1 atom stereocenters. The number of nitrogens with zero attached hydrogens (tertiary/aromatic N) is 1. The van der Waals surface area contributed by atoms with Crippen molar-refractivity contribution in [2.75, 3.05) is 0 Å². The maximum absolute atomic E-state index is 13.5. The van der Waals surface area contributed by atoms with Gasteiger partial charge in [-0.3, -0.25) is 24.0 Å². The number of esters is 2. The Kier molecular flexibility index (Phi) is 6.81. The van der Waals surface area contributed by atoms with Crippen LogP contribution in [0.5, 0.6) is 11.5 Å². The Morgan fingerprint density at radius 3 is 1.97 bits per heavy atom. The molecule has 0 saturated carbocycles. The lowest BCUT2D eigenvalue weighted by Crippen LogP contribution is -2.34. The molecule has 1 unspecified atom stereocenters. The summed E-state index contributed by atoms with van der Waals surface area (Å²) in [5.74, 6) is -4.74. The number of aromatic nitrogens is 1. The van der Waals surface area contributed by atoms with Crippen LogP contribution in [0.15, 0.2) is 47.3 Å². The lowest BCUT2D eigenvalue weighted by molar-refractivity contribution is -0.134. The van der Waals surface area contributed by atoms with Crippen molar-refractivity contribution in [1.82, 2.24) is 4.57 Å². The molecule has 0 spiro atoms. The van der Waals surface area contributed by atoms with Crippen LogP contribution < -0.4 is 26.4 Å². The summed E-state index contributed by atoms with van der Waals surface area (Å²) in [5.41, 5.74) is 10.8. The Morgan fingerprint density at radius 1 is 0.941 bits per heavy atom. The van der Waals surface area contributed by atoms with E-state index in [0.717, 1.165) is 13.8 Å². The minimum absolute atomic E-state index is 0.0141. The number of primary amides is 2. The van der Waals surface area contributed by atoms with Gasteiger partial charge in [0, 0.05) is 26.5 Å². The summed E-state index contributed by atoms with van der Waals surface area (Å²) in [7, 11) is 0. The SMILES string of the molecule is CCn1c(C(C(N)=O)c2ccccc2)c(C(N)=O)c(=O)c2cc(OC(C)=O)c(OC(C)=O)cc21. The number of carbonyl (C=O) groups excluding carboxylic acids is 4. The summed E-state index contributed by atoms with van der Waals surface area (Å²) < 4.78 is 11.8. The minimum atomic E-state index is -1.17. The smallest absolute Gasteiger partial charge is 0.308 e. The third-order valence-corrected chi connectivity index (χ3v) is 5.13. The normalized spacial score (nSPS) is 11.6. The summed E-state index contributed by atoms with van der Waals surface area (Å²) in [5, 5.41) is -0.0252. The van der Waals surface area contributed by atoms with Gasteiger partial charge in [0.1, 0.15) is 11.5 Å². The lowest BCUT2D eigenvalue weighted by atomic mass is 9.89. The topological polar surface area (TPSA) is 161 Å². The van der Waals surface area contributed by atoms with Crippen LogP contribution in [0.2, 0.25) is 0 Å². The zero-order valence-corrected chi connectivity index (χ0v) is 18.8. The second-order valence-corrected chi connectivity index (χ2v) is 7.45. The molecule has 3 rings (SSSR count). The summed E-state index contributed by atoms with van der Waals surface area (Å²) in [6.45, 7) is 4.22. The van der Waals surface area contributed by atoms with Crippen LogP contribution >= 0.6 is 0 Å². The van der Waals surface area contributed by atoms with E-state index in [1.807, 2.05) is 0 Å². The molecule has 176 valence electrons. The number of rotatable bonds is 7. The van der Waals surface area contributed by atoms with Crippen molar-refractivity contribution in [2.24, 2.45) is 11.5 Å². The largest absolute Gasteiger partial charge is 0.423 e. The van der Waals surface area contributed by atoms with Gasteiger partial charge in [0.15, 0.2) is 11.5 Å². The number of amides is 2. The van der Waals surface area contributed by atoms with E-state index in [4.69, 9.17) is 20.9 Å². The van der Waals surface area contributed by atoms with Gasteiger partial charge in [-0.1, -0.05) is 30.3 Å². The standard InChI is InChI=1S/C24H23N3O7/c1-4-27-16-11-18(34-13(3)29)17(33-12(2)28)10-15(16)22(30)20(24(26)32)21(27)19(23(25)31)14-8-6-5-7-9-14/h5-11,19H,4H2,1-3H3,(H2,25,31)(H2,26,32). The number of hydrogen-bond donors (Lipinski definition) is 2. The molecule has 0 radical (unpaired) electrons.